The molecule has 2 aromatic rings. The number of piperidine rings is 1. The molecular weight excluding hydrogens is 300 g/mol. The molecule has 0 bridgehead atoms. The molecule has 23 heavy (non-hydrogen) atoms. The first-order chi connectivity index (χ1) is 10.9. The Hall–Kier alpha value is -1.53. The third-order valence-electron chi connectivity index (χ3n) is 4.93. The Morgan fingerprint density at radius 1 is 1.35 bits per heavy atom. The van der Waals surface area contributed by atoms with Crippen LogP contribution in [-0.2, 0) is 0 Å². The number of aliphatic hydroxyl groups excluding tert-OH is 1. The zero-order valence-electron chi connectivity index (χ0n) is 13.5. The summed E-state index contributed by atoms with van der Waals surface area (Å²) in [7, 11) is 0. The zero-order valence-corrected chi connectivity index (χ0v) is 13.5. The van der Waals surface area contributed by atoms with E-state index in [2.05, 4.69) is 9.88 Å². The molecule has 3 rings (SSSR count). The van der Waals surface area contributed by atoms with Gasteiger partial charge in [-0.3, -0.25) is 9.47 Å². The summed E-state index contributed by atoms with van der Waals surface area (Å²) in [6.45, 7) is 2.99. The van der Waals surface area contributed by atoms with Gasteiger partial charge in [-0.25, -0.2) is 4.98 Å². The van der Waals surface area contributed by atoms with Crippen molar-refractivity contribution < 1.29 is 13.9 Å². The lowest BCUT2D eigenvalue weighted by Crippen LogP contribution is -2.45. The Bertz CT molecular complexity index is 688. The molecule has 2 unspecified atom stereocenters. The Morgan fingerprint density at radius 3 is 2.78 bits per heavy atom. The van der Waals surface area contributed by atoms with Crippen LogP contribution in [0.4, 0.5) is 8.78 Å². The molecule has 1 aromatic heterocycles. The van der Waals surface area contributed by atoms with E-state index in [9.17, 15) is 13.9 Å². The number of likely N-dealkylation sites (tertiary alicyclic amines) is 1. The highest BCUT2D eigenvalue weighted by Crippen LogP contribution is 2.35. The van der Waals surface area contributed by atoms with E-state index in [0.717, 1.165) is 24.0 Å². The first kappa shape index (κ1) is 16.3. The molecule has 6 heteroatoms. The van der Waals surface area contributed by atoms with Crippen molar-refractivity contribution in [3.63, 3.8) is 0 Å². The normalized spacial score (nSPS) is 24.4. The van der Waals surface area contributed by atoms with E-state index < -0.39 is 6.55 Å². The van der Waals surface area contributed by atoms with E-state index in [-0.39, 0.29) is 18.1 Å². The Kier molecular flexibility index (Phi) is 4.38. The van der Waals surface area contributed by atoms with Crippen molar-refractivity contribution in [1.82, 2.24) is 14.5 Å². The largest absolute Gasteiger partial charge is 0.396 e. The Morgan fingerprint density at radius 2 is 2.09 bits per heavy atom. The van der Waals surface area contributed by atoms with Gasteiger partial charge in [0, 0.05) is 18.6 Å². The van der Waals surface area contributed by atoms with Gasteiger partial charge >= 0.3 is 6.55 Å². The molecule has 0 aliphatic carbocycles. The van der Waals surface area contributed by atoms with Crippen LogP contribution in [0.3, 0.4) is 0 Å². The zero-order chi connectivity index (χ0) is 16.6. The smallest absolute Gasteiger partial charge is 0.320 e. The second-order valence-corrected chi connectivity index (χ2v) is 6.83. The van der Waals surface area contributed by atoms with Gasteiger partial charge in [-0.15, -0.1) is 0 Å². The van der Waals surface area contributed by atoms with Crippen LogP contribution in [0.2, 0.25) is 0 Å². The molecule has 4 nitrogen and oxygen atoms in total. The van der Waals surface area contributed by atoms with Crippen LogP contribution in [0.1, 0.15) is 45.1 Å². The van der Waals surface area contributed by atoms with Gasteiger partial charge in [0.05, 0.1) is 17.1 Å². The molecule has 1 aliphatic heterocycles. The van der Waals surface area contributed by atoms with E-state index in [1.165, 1.54) is 0 Å². The number of hydrogen-bond acceptors (Lipinski definition) is 3. The van der Waals surface area contributed by atoms with Gasteiger partial charge in [0.2, 0.25) is 0 Å². The van der Waals surface area contributed by atoms with Crippen LogP contribution in [0.5, 0.6) is 0 Å². The molecule has 0 spiro atoms. The molecule has 126 valence electrons. The number of aromatic nitrogens is 2. The van der Waals surface area contributed by atoms with Crippen molar-refractivity contribution in [1.29, 1.82) is 0 Å². The molecule has 2 heterocycles. The summed E-state index contributed by atoms with van der Waals surface area (Å²) in [5.74, 6) is 0.392. The van der Waals surface area contributed by atoms with Gasteiger partial charge in [0.1, 0.15) is 5.82 Å². The average molecular weight is 323 g/mol. The molecule has 1 aliphatic rings. The number of benzene rings is 1. The summed E-state index contributed by atoms with van der Waals surface area (Å²) < 4.78 is 28.2. The maximum Gasteiger partial charge on any atom is 0.320 e. The number of hydrogen-bond donors (Lipinski definition) is 1. The predicted molar refractivity (Wildman–Crippen MR) is 85.4 cm³/mol. The van der Waals surface area contributed by atoms with Gasteiger partial charge in [-0.1, -0.05) is 19.1 Å². The van der Waals surface area contributed by atoms with Crippen molar-refractivity contribution in [3.05, 3.63) is 30.1 Å². The minimum absolute atomic E-state index is 0.113. The number of para-hydroxylation sites is 2. The van der Waals surface area contributed by atoms with Crippen LogP contribution in [-0.4, -0.2) is 39.3 Å². The fourth-order valence-corrected chi connectivity index (χ4v) is 3.54. The van der Waals surface area contributed by atoms with Crippen molar-refractivity contribution in [2.75, 3.05) is 19.7 Å². The average Bonchev–Trinajstić information content (AvgIpc) is 2.93. The predicted octanol–water partition coefficient (Wildman–Crippen LogP) is 3.59. The SMILES string of the molecule is CC(c1nc2ccccc2n1C(F)F)N1CCCC(C)(CO)C1. The van der Waals surface area contributed by atoms with Crippen LogP contribution >= 0.6 is 0 Å². The first-order valence-corrected chi connectivity index (χ1v) is 8.05. The van der Waals surface area contributed by atoms with Crippen molar-refractivity contribution >= 4 is 11.0 Å². The lowest BCUT2D eigenvalue weighted by molar-refractivity contribution is 0.0191. The van der Waals surface area contributed by atoms with Crippen LogP contribution in [0.15, 0.2) is 24.3 Å². The highest BCUT2D eigenvalue weighted by Gasteiger charge is 2.34. The van der Waals surface area contributed by atoms with Crippen LogP contribution in [0.25, 0.3) is 11.0 Å². The standard InChI is InChI=1S/C17H23F2N3O/c1-12(21-9-5-8-17(2,10-21)11-23)15-20-13-6-3-4-7-14(13)22(15)16(18)19/h3-4,6-7,12,16,23H,5,8-11H2,1-2H3. The highest BCUT2D eigenvalue weighted by atomic mass is 19.3. The number of aliphatic hydroxyl groups is 1. The molecule has 1 N–H and O–H groups in total. The molecule has 0 radical (unpaired) electrons. The fourth-order valence-electron chi connectivity index (χ4n) is 3.54. The maximum absolute atomic E-state index is 13.6. The van der Waals surface area contributed by atoms with Gasteiger partial charge in [0.15, 0.2) is 0 Å². The Labute approximate surface area is 134 Å². The molecule has 1 fully saturated rings. The lowest BCUT2D eigenvalue weighted by atomic mass is 9.82. The van der Waals surface area contributed by atoms with E-state index in [1.54, 1.807) is 18.2 Å². The topological polar surface area (TPSA) is 41.3 Å². The molecule has 2 atom stereocenters. The van der Waals surface area contributed by atoms with Crippen molar-refractivity contribution in [2.45, 2.75) is 39.3 Å². The lowest BCUT2D eigenvalue weighted by Gasteiger charge is -2.42. The minimum Gasteiger partial charge on any atom is -0.396 e. The summed E-state index contributed by atoms with van der Waals surface area (Å²) in [5.41, 5.74) is 0.886. The number of fused-ring (bicyclic) bond motifs is 1. The monoisotopic (exact) mass is 323 g/mol. The van der Waals surface area contributed by atoms with Crippen molar-refractivity contribution in [3.8, 4) is 0 Å². The highest BCUT2D eigenvalue weighted by molar-refractivity contribution is 5.76. The second kappa shape index (κ2) is 6.17. The van der Waals surface area contributed by atoms with Gasteiger partial charge < -0.3 is 5.11 Å². The number of halogens is 2. The third-order valence-corrected chi connectivity index (χ3v) is 4.93. The van der Waals surface area contributed by atoms with Gasteiger partial charge in [-0.2, -0.15) is 8.78 Å². The summed E-state index contributed by atoms with van der Waals surface area (Å²) >= 11 is 0. The maximum atomic E-state index is 13.6. The quantitative estimate of drug-likeness (QED) is 0.935. The van der Waals surface area contributed by atoms with E-state index >= 15 is 0 Å². The summed E-state index contributed by atoms with van der Waals surface area (Å²) in [5, 5.41) is 9.61. The molecule has 0 amide bonds. The Balaban J connectivity index is 1.97. The summed E-state index contributed by atoms with van der Waals surface area (Å²) in [6, 6.07) is 6.78. The van der Waals surface area contributed by atoms with E-state index in [0.29, 0.717) is 23.4 Å². The number of nitrogens with zero attached hydrogens (tertiary/aromatic N) is 3. The summed E-state index contributed by atoms with van der Waals surface area (Å²) in [4.78, 5) is 6.61. The van der Waals surface area contributed by atoms with E-state index in [1.807, 2.05) is 19.9 Å². The molecule has 1 aromatic carbocycles. The number of imidazole rings is 1. The van der Waals surface area contributed by atoms with Crippen molar-refractivity contribution in [2.24, 2.45) is 5.41 Å². The second-order valence-electron chi connectivity index (χ2n) is 6.83. The number of rotatable bonds is 4. The minimum atomic E-state index is -2.62. The van der Waals surface area contributed by atoms with Crippen LogP contribution in [0, 0.1) is 5.41 Å². The first-order valence-electron chi connectivity index (χ1n) is 8.05. The summed E-state index contributed by atoms with van der Waals surface area (Å²) in [6.07, 6.45) is 1.91. The fraction of sp³-hybridized carbons (Fsp3) is 0.588. The van der Waals surface area contributed by atoms with Crippen LogP contribution < -0.4 is 0 Å². The van der Waals surface area contributed by atoms with E-state index in [4.69, 9.17) is 0 Å². The molecule has 0 saturated carbocycles. The van der Waals surface area contributed by atoms with Gasteiger partial charge in [0.25, 0.3) is 0 Å². The van der Waals surface area contributed by atoms with Gasteiger partial charge in [-0.05, 0) is 38.4 Å². The number of alkyl halides is 2. The third kappa shape index (κ3) is 2.97. The molecule has 1 saturated heterocycles. The molecular formula is C17H23F2N3O.